The molecule has 2 aromatic heterocycles. The number of methoxy groups -OCH3 is 2. The van der Waals surface area contributed by atoms with E-state index in [-0.39, 0.29) is 12.2 Å². The van der Waals surface area contributed by atoms with Crippen LogP contribution in [0.25, 0.3) is 21.5 Å². The Bertz CT molecular complexity index is 1290. The maximum absolute atomic E-state index is 12.7. The molecule has 8 nitrogen and oxygen atoms in total. The van der Waals surface area contributed by atoms with Crippen LogP contribution in [0, 0.1) is 0 Å². The maximum atomic E-state index is 12.7. The molecule has 0 saturated carbocycles. The summed E-state index contributed by atoms with van der Waals surface area (Å²) >= 11 is 1.26. The van der Waals surface area contributed by atoms with Crippen molar-refractivity contribution in [3.63, 3.8) is 0 Å². The third-order valence-electron chi connectivity index (χ3n) is 4.39. The maximum Gasteiger partial charge on any atom is 0.325 e. The average molecular weight is 423 g/mol. The molecular formula is C21H17N3O5S. The van der Waals surface area contributed by atoms with E-state index in [0.29, 0.717) is 16.3 Å². The van der Waals surface area contributed by atoms with E-state index < -0.39 is 11.9 Å². The van der Waals surface area contributed by atoms with Crippen molar-refractivity contribution in [2.24, 2.45) is 4.99 Å². The van der Waals surface area contributed by atoms with Crippen molar-refractivity contribution in [3.05, 3.63) is 65.1 Å². The molecule has 1 amide bonds. The zero-order chi connectivity index (χ0) is 21.1. The number of carbonyl (C=O) groups excluding carboxylic acids is 2. The van der Waals surface area contributed by atoms with Crippen LogP contribution < -0.4 is 9.54 Å². The summed E-state index contributed by atoms with van der Waals surface area (Å²) in [5.74, 6) is 0.110. The zero-order valence-electron chi connectivity index (χ0n) is 16.2. The Labute approximate surface area is 175 Å². The quantitative estimate of drug-likeness (QED) is 0.457. The summed E-state index contributed by atoms with van der Waals surface area (Å²) in [5.41, 5.74) is 1.62. The van der Waals surface area contributed by atoms with Crippen LogP contribution in [-0.4, -0.2) is 35.8 Å². The number of rotatable bonds is 5. The van der Waals surface area contributed by atoms with E-state index in [0.717, 1.165) is 15.8 Å². The molecule has 30 heavy (non-hydrogen) atoms. The molecule has 0 unspecified atom stereocenters. The van der Waals surface area contributed by atoms with Crippen LogP contribution in [0.4, 0.5) is 0 Å². The van der Waals surface area contributed by atoms with Gasteiger partial charge < -0.3 is 18.6 Å². The molecule has 2 aromatic carbocycles. The van der Waals surface area contributed by atoms with Gasteiger partial charge in [-0.25, -0.2) is 0 Å². The van der Waals surface area contributed by atoms with Crippen LogP contribution >= 0.6 is 11.3 Å². The highest BCUT2D eigenvalue weighted by Crippen LogP contribution is 2.24. The van der Waals surface area contributed by atoms with Crippen molar-refractivity contribution >= 4 is 33.4 Å². The smallest absolute Gasteiger partial charge is 0.325 e. The van der Waals surface area contributed by atoms with Gasteiger partial charge in [-0.15, -0.1) is 0 Å². The fourth-order valence-corrected chi connectivity index (χ4v) is 3.93. The Morgan fingerprint density at radius 2 is 1.93 bits per heavy atom. The number of aromatic nitrogens is 2. The SMILES string of the molecule is COC(=O)Cn1c(=NC(=O)c2cc(-c3ccccc3)on2)sc2cc(OC)ccc21. The molecule has 0 aliphatic carbocycles. The Hall–Kier alpha value is -3.72. The van der Waals surface area contributed by atoms with Crippen LogP contribution in [0.15, 0.2) is 64.1 Å². The fraction of sp³-hybridized carbons (Fsp3) is 0.143. The van der Waals surface area contributed by atoms with Gasteiger partial charge in [0.2, 0.25) is 0 Å². The molecule has 0 aliphatic heterocycles. The van der Waals surface area contributed by atoms with Gasteiger partial charge in [-0.2, -0.15) is 4.99 Å². The summed E-state index contributed by atoms with van der Waals surface area (Å²) < 4.78 is 17.8. The normalized spacial score (nSPS) is 11.6. The summed E-state index contributed by atoms with van der Waals surface area (Å²) in [6.45, 7) is -0.0803. The number of esters is 1. The molecule has 0 spiro atoms. The van der Waals surface area contributed by atoms with E-state index in [1.807, 2.05) is 36.4 Å². The standard InChI is InChI=1S/C21H17N3O5S/c1-27-14-8-9-16-18(10-14)30-21(24(16)12-19(25)28-2)22-20(26)15-11-17(29-23-15)13-6-4-3-5-7-13/h3-11H,12H2,1-2H3. The number of nitrogens with zero attached hydrogens (tertiary/aromatic N) is 3. The predicted octanol–water partition coefficient (Wildman–Crippen LogP) is 3.28. The summed E-state index contributed by atoms with van der Waals surface area (Å²) in [6, 6.07) is 16.3. The lowest BCUT2D eigenvalue weighted by Crippen LogP contribution is -2.22. The minimum Gasteiger partial charge on any atom is -0.497 e. The van der Waals surface area contributed by atoms with Gasteiger partial charge in [0.25, 0.3) is 0 Å². The van der Waals surface area contributed by atoms with Crippen molar-refractivity contribution in [3.8, 4) is 17.1 Å². The third kappa shape index (κ3) is 3.87. The minimum atomic E-state index is -0.571. The summed E-state index contributed by atoms with van der Waals surface area (Å²) in [5, 5.41) is 3.84. The van der Waals surface area contributed by atoms with Crippen LogP contribution in [0.1, 0.15) is 10.5 Å². The lowest BCUT2D eigenvalue weighted by atomic mass is 10.1. The fourth-order valence-electron chi connectivity index (χ4n) is 2.87. The Balaban J connectivity index is 1.75. The first kappa shape index (κ1) is 19.6. The predicted molar refractivity (Wildman–Crippen MR) is 110 cm³/mol. The molecule has 2 heterocycles. The molecule has 0 atom stereocenters. The monoisotopic (exact) mass is 423 g/mol. The molecular weight excluding hydrogens is 406 g/mol. The van der Waals surface area contributed by atoms with Gasteiger partial charge in [-0.3, -0.25) is 9.59 Å². The van der Waals surface area contributed by atoms with Crippen LogP contribution in [0.3, 0.4) is 0 Å². The highest BCUT2D eigenvalue weighted by Gasteiger charge is 2.16. The highest BCUT2D eigenvalue weighted by atomic mass is 32.1. The van der Waals surface area contributed by atoms with E-state index in [2.05, 4.69) is 10.1 Å². The van der Waals surface area contributed by atoms with Crippen molar-refractivity contribution < 1.29 is 23.6 Å². The summed E-state index contributed by atoms with van der Waals surface area (Å²) in [4.78, 5) is 29.2. The first-order chi connectivity index (χ1) is 14.6. The van der Waals surface area contributed by atoms with Gasteiger partial charge >= 0.3 is 11.9 Å². The largest absolute Gasteiger partial charge is 0.497 e. The lowest BCUT2D eigenvalue weighted by molar-refractivity contribution is -0.141. The number of hydrogen-bond acceptors (Lipinski definition) is 7. The molecule has 152 valence electrons. The Morgan fingerprint density at radius 3 is 2.67 bits per heavy atom. The third-order valence-corrected chi connectivity index (χ3v) is 5.43. The van der Waals surface area contributed by atoms with Gasteiger partial charge in [0.1, 0.15) is 12.3 Å². The molecule has 0 fully saturated rings. The van der Waals surface area contributed by atoms with Gasteiger partial charge in [-0.1, -0.05) is 46.8 Å². The van der Waals surface area contributed by atoms with Crippen LogP contribution in [0.5, 0.6) is 5.75 Å². The molecule has 0 bridgehead atoms. The highest BCUT2D eigenvalue weighted by molar-refractivity contribution is 7.16. The van der Waals surface area contributed by atoms with Crippen LogP contribution in [-0.2, 0) is 16.1 Å². The van der Waals surface area contributed by atoms with E-state index in [4.69, 9.17) is 14.0 Å². The number of thiazole rings is 1. The Morgan fingerprint density at radius 1 is 1.13 bits per heavy atom. The van der Waals surface area contributed by atoms with Gasteiger partial charge in [0.15, 0.2) is 16.3 Å². The van der Waals surface area contributed by atoms with Crippen LogP contribution in [0.2, 0.25) is 0 Å². The Kier molecular flexibility index (Phi) is 5.44. The first-order valence-corrected chi connectivity index (χ1v) is 9.76. The molecule has 0 radical (unpaired) electrons. The molecule has 0 saturated heterocycles. The number of benzene rings is 2. The average Bonchev–Trinajstić information content (AvgIpc) is 3.39. The van der Waals surface area contributed by atoms with Crippen molar-refractivity contribution in [1.82, 2.24) is 9.72 Å². The number of carbonyl (C=O) groups is 2. The zero-order valence-corrected chi connectivity index (χ0v) is 17.0. The van der Waals surface area contributed by atoms with Gasteiger partial charge in [0, 0.05) is 11.6 Å². The number of ether oxygens (including phenoxy) is 2. The topological polar surface area (TPSA) is 95.9 Å². The van der Waals surface area contributed by atoms with E-state index in [1.165, 1.54) is 18.4 Å². The van der Waals surface area contributed by atoms with Crippen molar-refractivity contribution in [1.29, 1.82) is 0 Å². The van der Waals surface area contributed by atoms with E-state index in [9.17, 15) is 9.59 Å². The molecule has 0 N–H and O–H groups in total. The van der Waals surface area contributed by atoms with Gasteiger partial charge in [-0.05, 0) is 18.2 Å². The first-order valence-electron chi connectivity index (χ1n) is 8.94. The van der Waals surface area contributed by atoms with E-state index in [1.54, 1.807) is 29.9 Å². The molecule has 0 aliphatic rings. The molecule has 4 aromatic rings. The summed E-state index contributed by atoms with van der Waals surface area (Å²) in [6.07, 6.45) is 0. The second kappa shape index (κ2) is 8.34. The number of amides is 1. The molecule has 4 rings (SSSR count). The summed E-state index contributed by atoms with van der Waals surface area (Å²) in [7, 11) is 2.88. The lowest BCUT2D eigenvalue weighted by Gasteiger charge is -2.04. The minimum absolute atomic E-state index is 0.0773. The second-order valence-corrected chi connectivity index (χ2v) is 7.25. The van der Waals surface area contributed by atoms with Crippen molar-refractivity contribution in [2.45, 2.75) is 6.54 Å². The van der Waals surface area contributed by atoms with Crippen molar-refractivity contribution in [2.75, 3.05) is 14.2 Å². The number of hydrogen-bond donors (Lipinski definition) is 0. The number of fused-ring (bicyclic) bond motifs is 1. The van der Waals surface area contributed by atoms with Gasteiger partial charge in [0.05, 0.1) is 24.4 Å². The van der Waals surface area contributed by atoms with E-state index >= 15 is 0 Å². The molecule has 9 heteroatoms. The second-order valence-electron chi connectivity index (χ2n) is 6.24.